The maximum atomic E-state index is 12.9. The standard InChI is InChI=1S/C25H27N3O2/c1-25(12-3-13-25)24(30)28-16-14-27(15-17-28)23(29)20-8-6-19(7-9-20)22-11-10-18-4-2-5-21(18)26-22/h2,4-11,26H,3,12-17H2,1H3. The zero-order valence-corrected chi connectivity index (χ0v) is 17.4. The van der Waals surface area contributed by atoms with E-state index in [1.807, 2.05) is 40.1 Å². The fraction of sp³-hybridized carbons (Fsp3) is 0.360. The van der Waals surface area contributed by atoms with Crippen LogP contribution in [0.15, 0.2) is 54.6 Å². The van der Waals surface area contributed by atoms with Gasteiger partial charge in [-0.2, -0.15) is 0 Å². The van der Waals surface area contributed by atoms with E-state index < -0.39 is 0 Å². The normalized spacial score (nSPS) is 18.3. The smallest absolute Gasteiger partial charge is 0.253 e. The minimum absolute atomic E-state index is 0.0407. The molecule has 5 heteroatoms. The molecule has 4 aliphatic rings. The lowest BCUT2D eigenvalue weighted by Gasteiger charge is -2.43. The van der Waals surface area contributed by atoms with Crippen LogP contribution < -0.4 is 0 Å². The molecule has 2 fully saturated rings. The van der Waals surface area contributed by atoms with Gasteiger partial charge in [0, 0.05) is 48.5 Å². The predicted molar refractivity (Wildman–Crippen MR) is 117 cm³/mol. The number of aromatic amines is 1. The van der Waals surface area contributed by atoms with Crippen LogP contribution in [0.1, 0.15) is 36.5 Å². The van der Waals surface area contributed by atoms with Crippen molar-refractivity contribution in [2.75, 3.05) is 26.2 Å². The van der Waals surface area contributed by atoms with Gasteiger partial charge in [-0.25, -0.2) is 0 Å². The Kier molecular flexibility index (Phi) is 4.61. The number of nitrogens with one attached hydrogen (secondary N) is 1. The third-order valence-electron chi connectivity index (χ3n) is 6.82. The largest absolute Gasteiger partial charge is 0.355 e. The Bertz CT molecular complexity index is 1040. The summed E-state index contributed by atoms with van der Waals surface area (Å²) in [5.41, 5.74) is 4.91. The highest BCUT2D eigenvalue weighted by Gasteiger charge is 2.42. The summed E-state index contributed by atoms with van der Waals surface area (Å²) in [6.45, 7) is 4.54. The number of nitrogens with zero attached hydrogens (tertiary/aromatic N) is 2. The first-order chi connectivity index (χ1) is 14.5. The Morgan fingerprint density at radius 3 is 2.07 bits per heavy atom. The molecular weight excluding hydrogens is 374 g/mol. The van der Waals surface area contributed by atoms with E-state index in [4.69, 9.17) is 0 Å². The number of benzene rings is 1. The van der Waals surface area contributed by atoms with Gasteiger partial charge in [0.25, 0.3) is 5.91 Å². The summed E-state index contributed by atoms with van der Waals surface area (Å²) in [6, 6.07) is 18.1. The molecule has 1 aromatic carbocycles. The van der Waals surface area contributed by atoms with Crippen molar-refractivity contribution in [3.8, 4) is 22.5 Å². The van der Waals surface area contributed by atoms with Crippen LogP contribution >= 0.6 is 0 Å². The molecule has 2 heterocycles. The monoisotopic (exact) mass is 401 g/mol. The molecule has 5 rings (SSSR count). The number of H-pyrrole nitrogens is 1. The van der Waals surface area contributed by atoms with E-state index >= 15 is 0 Å². The van der Waals surface area contributed by atoms with E-state index in [0.717, 1.165) is 36.2 Å². The molecule has 1 N–H and O–H groups in total. The molecule has 1 aromatic rings. The minimum atomic E-state index is -0.162. The van der Waals surface area contributed by atoms with Crippen LogP contribution in [-0.4, -0.2) is 52.8 Å². The highest BCUT2D eigenvalue weighted by Crippen LogP contribution is 2.42. The van der Waals surface area contributed by atoms with Gasteiger partial charge in [-0.15, -0.1) is 0 Å². The molecule has 30 heavy (non-hydrogen) atoms. The fourth-order valence-electron chi connectivity index (χ4n) is 4.61. The zero-order valence-electron chi connectivity index (χ0n) is 17.4. The van der Waals surface area contributed by atoms with E-state index in [0.29, 0.717) is 31.7 Å². The van der Waals surface area contributed by atoms with Crippen molar-refractivity contribution in [1.29, 1.82) is 0 Å². The Morgan fingerprint density at radius 2 is 1.40 bits per heavy atom. The number of hydrogen-bond acceptors (Lipinski definition) is 2. The number of hydrogen-bond donors (Lipinski definition) is 1. The molecule has 1 saturated carbocycles. The van der Waals surface area contributed by atoms with Gasteiger partial charge in [-0.05, 0) is 48.2 Å². The Labute approximate surface area is 177 Å². The number of carbonyl (C=O) groups excluding carboxylic acids is 2. The number of piperazine rings is 1. The highest BCUT2D eigenvalue weighted by molar-refractivity contribution is 5.95. The van der Waals surface area contributed by atoms with E-state index in [1.165, 1.54) is 5.56 Å². The fourth-order valence-corrected chi connectivity index (χ4v) is 4.61. The average molecular weight is 402 g/mol. The van der Waals surface area contributed by atoms with Crippen LogP contribution in [0.4, 0.5) is 0 Å². The highest BCUT2D eigenvalue weighted by atomic mass is 16.2. The molecule has 0 atom stereocenters. The maximum absolute atomic E-state index is 12.9. The van der Waals surface area contributed by atoms with Crippen molar-refractivity contribution in [1.82, 2.24) is 14.8 Å². The quantitative estimate of drug-likeness (QED) is 0.713. The Morgan fingerprint density at radius 1 is 0.800 bits per heavy atom. The first-order valence-electron chi connectivity index (χ1n) is 10.8. The van der Waals surface area contributed by atoms with Crippen LogP contribution in [0.25, 0.3) is 22.5 Å². The molecule has 154 valence electrons. The lowest BCUT2D eigenvalue weighted by molar-refractivity contribution is -0.147. The zero-order chi connectivity index (χ0) is 20.7. The summed E-state index contributed by atoms with van der Waals surface area (Å²) in [7, 11) is 0. The molecule has 2 aliphatic carbocycles. The molecule has 5 nitrogen and oxygen atoms in total. The minimum Gasteiger partial charge on any atom is -0.355 e. The van der Waals surface area contributed by atoms with Crippen LogP contribution in [0.5, 0.6) is 0 Å². The van der Waals surface area contributed by atoms with Crippen LogP contribution in [-0.2, 0) is 4.79 Å². The van der Waals surface area contributed by atoms with Gasteiger partial charge in [0.2, 0.25) is 5.91 Å². The molecule has 0 unspecified atom stereocenters. The third-order valence-corrected chi connectivity index (χ3v) is 6.82. The number of aromatic nitrogens is 1. The van der Waals surface area contributed by atoms with E-state index in [9.17, 15) is 9.59 Å². The van der Waals surface area contributed by atoms with Gasteiger partial charge in [-0.1, -0.05) is 43.7 Å². The number of rotatable bonds is 3. The first-order valence-corrected chi connectivity index (χ1v) is 10.8. The lowest BCUT2D eigenvalue weighted by atomic mass is 9.69. The van der Waals surface area contributed by atoms with Crippen molar-refractivity contribution in [2.45, 2.75) is 26.2 Å². The van der Waals surface area contributed by atoms with Gasteiger partial charge < -0.3 is 14.8 Å². The number of pyridine rings is 1. The third kappa shape index (κ3) is 3.28. The molecule has 2 amide bonds. The van der Waals surface area contributed by atoms with E-state index in [1.54, 1.807) is 0 Å². The predicted octanol–water partition coefficient (Wildman–Crippen LogP) is 4.26. The summed E-state index contributed by atoms with van der Waals surface area (Å²) in [6.07, 6.45) is 3.14. The van der Waals surface area contributed by atoms with Gasteiger partial charge >= 0.3 is 0 Å². The second-order valence-electron chi connectivity index (χ2n) is 8.84. The molecule has 0 radical (unpaired) electrons. The first kappa shape index (κ1) is 18.9. The van der Waals surface area contributed by atoms with E-state index in [2.05, 4.69) is 36.2 Å². The summed E-state index contributed by atoms with van der Waals surface area (Å²) in [5, 5.41) is 0. The van der Waals surface area contributed by atoms with Crippen molar-refractivity contribution in [2.24, 2.45) is 5.41 Å². The van der Waals surface area contributed by atoms with Gasteiger partial charge in [-0.3, -0.25) is 9.59 Å². The molecule has 0 aromatic heterocycles. The average Bonchev–Trinajstić information content (AvgIpc) is 3.24. The van der Waals surface area contributed by atoms with Crippen molar-refractivity contribution < 1.29 is 9.59 Å². The van der Waals surface area contributed by atoms with Crippen LogP contribution in [0.3, 0.4) is 0 Å². The Balaban J connectivity index is 1.24. The summed E-state index contributed by atoms with van der Waals surface area (Å²) < 4.78 is 0. The van der Waals surface area contributed by atoms with Crippen molar-refractivity contribution >= 4 is 11.8 Å². The van der Waals surface area contributed by atoms with Crippen molar-refractivity contribution in [3.05, 3.63) is 60.2 Å². The molecule has 1 saturated heterocycles. The second-order valence-corrected chi connectivity index (χ2v) is 8.84. The molecule has 0 bridgehead atoms. The van der Waals surface area contributed by atoms with Gasteiger partial charge in [0.15, 0.2) is 0 Å². The summed E-state index contributed by atoms with van der Waals surface area (Å²) in [4.78, 5) is 32.9. The number of carbonyl (C=O) groups is 2. The number of fused-ring (bicyclic) bond motifs is 1. The maximum Gasteiger partial charge on any atom is 0.253 e. The molecule has 2 aliphatic heterocycles. The topological polar surface area (TPSA) is 56.4 Å². The number of amides is 2. The SMILES string of the molecule is CC1(C(=O)N2CCN(C(=O)c3ccc(-c4ccc5cccc-5[nH]4)cc3)CC2)CCC1. The summed E-state index contributed by atoms with van der Waals surface area (Å²) >= 11 is 0. The van der Waals surface area contributed by atoms with Gasteiger partial charge in [0.1, 0.15) is 0 Å². The molecular formula is C25H27N3O2. The Hall–Kier alpha value is -3.08. The lowest BCUT2D eigenvalue weighted by Crippen LogP contribution is -2.55. The van der Waals surface area contributed by atoms with E-state index in [-0.39, 0.29) is 17.2 Å². The second kappa shape index (κ2) is 7.31. The van der Waals surface area contributed by atoms with Crippen molar-refractivity contribution in [3.63, 3.8) is 0 Å². The van der Waals surface area contributed by atoms with Crippen LogP contribution in [0, 0.1) is 5.41 Å². The summed E-state index contributed by atoms with van der Waals surface area (Å²) in [5.74, 6) is 0.308. The van der Waals surface area contributed by atoms with Crippen LogP contribution in [0.2, 0.25) is 0 Å². The van der Waals surface area contributed by atoms with Gasteiger partial charge in [0.05, 0.1) is 0 Å². The molecule has 0 spiro atoms.